The fourth-order valence-corrected chi connectivity index (χ4v) is 1.26. The second kappa shape index (κ2) is 6.76. The third kappa shape index (κ3) is 6.96. The van der Waals surface area contributed by atoms with Crippen LogP contribution in [0.15, 0.2) is 10.6 Å². The second-order valence-electron chi connectivity index (χ2n) is 3.47. The lowest BCUT2D eigenvalue weighted by Gasteiger charge is -2.15. The lowest BCUT2D eigenvalue weighted by atomic mass is 10.1. The number of nitrogens with one attached hydrogen (secondary N) is 1. The van der Waals surface area contributed by atoms with Crippen molar-refractivity contribution in [1.82, 2.24) is 5.32 Å². The van der Waals surface area contributed by atoms with Crippen LogP contribution >= 0.6 is 23.2 Å². The lowest BCUT2D eigenvalue weighted by molar-refractivity contribution is 0.456. The molecule has 72 valence electrons. The molecule has 1 atom stereocenters. The molecule has 0 aliphatic rings. The molecule has 0 bridgehead atoms. The van der Waals surface area contributed by atoms with Crippen molar-refractivity contribution in [2.45, 2.75) is 33.2 Å². The first-order valence-electron chi connectivity index (χ1n) is 4.24. The van der Waals surface area contributed by atoms with Gasteiger partial charge in [-0.15, -0.1) is 0 Å². The Morgan fingerprint density at radius 3 is 2.42 bits per heavy atom. The molecule has 0 saturated heterocycles. The summed E-state index contributed by atoms with van der Waals surface area (Å²) in [4.78, 5) is 0. The molecule has 0 heterocycles. The van der Waals surface area contributed by atoms with Crippen LogP contribution in [0, 0.1) is 5.92 Å². The highest BCUT2D eigenvalue weighted by atomic mass is 35.5. The summed E-state index contributed by atoms with van der Waals surface area (Å²) < 4.78 is 0. The van der Waals surface area contributed by atoms with Gasteiger partial charge in [-0.2, -0.15) is 0 Å². The molecular formula is C9H17Cl2N. The van der Waals surface area contributed by atoms with Crippen LogP contribution in [0.4, 0.5) is 0 Å². The standard InChI is InChI=1S/C9H17Cl2N/c1-7(2)4-8(3)12-6-9(11)5-10/h5,7-8,12H,4,6H2,1-3H3. The molecule has 0 rings (SSSR count). The van der Waals surface area contributed by atoms with E-state index in [1.165, 1.54) is 5.54 Å². The van der Waals surface area contributed by atoms with Crippen molar-refractivity contribution in [3.05, 3.63) is 10.6 Å². The van der Waals surface area contributed by atoms with Gasteiger partial charge in [0.15, 0.2) is 0 Å². The molecular weight excluding hydrogens is 193 g/mol. The van der Waals surface area contributed by atoms with Crippen LogP contribution in [-0.2, 0) is 0 Å². The molecule has 0 fully saturated rings. The number of halogens is 2. The molecule has 3 heteroatoms. The van der Waals surface area contributed by atoms with E-state index in [2.05, 4.69) is 26.1 Å². The SMILES string of the molecule is CC(C)CC(C)NCC(Cl)=CCl. The topological polar surface area (TPSA) is 12.0 Å². The quantitative estimate of drug-likeness (QED) is 0.733. The van der Waals surface area contributed by atoms with Crippen molar-refractivity contribution < 1.29 is 0 Å². The summed E-state index contributed by atoms with van der Waals surface area (Å²) in [5.41, 5.74) is 1.40. The van der Waals surface area contributed by atoms with Gasteiger partial charge in [0.05, 0.1) is 0 Å². The van der Waals surface area contributed by atoms with E-state index in [9.17, 15) is 0 Å². The number of hydrogen-bond donors (Lipinski definition) is 1. The van der Waals surface area contributed by atoms with E-state index < -0.39 is 0 Å². The van der Waals surface area contributed by atoms with Gasteiger partial charge in [-0.05, 0) is 19.3 Å². The van der Waals surface area contributed by atoms with Crippen LogP contribution in [0.1, 0.15) is 27.2 Å². The van der Waals surface area contributed by atoms with Gasteiger partial charge < -0.3 is 5.32 Å². The summed E-state index contributed by atoms with van der Waals surface area (Å²) in [7, 11) is 0. The van der Waals surface area contributed by atoms with E-state index in [0.717, 1.165) is 6.42 Å². The maximum Gasteiger partial charge on any atom is 0.0431 e. The number of rotatable bonds is 5. The minimum absolute atomic E-state index is 0.496. The molecule has 1 N–H and O–H groups in total. The summed E-state index contributed by atoms with van der Waals surface area (Å²) in [6, 6.07) is 0.496. The molecule has 0 saturated carbocycles. The normalized spacial score (nSPS) is 15.3. The van der Waals surface area contributed by atoms with Crippen LogP contribution in [0.5, 0.6) is 0 Å². The Morgan fingerprint density at radius 2 is 2.00 bits per heavy atom. The van der Waals surface area contributed by atoms with Crippen molar-refractivity contribution in [3.63, 3.8) is 0 Å². The molecule has 0 aromatic carbocycles. The first kappa shape index (κ1) is 12.3. The zero-order valence-electron chi connectivity index (χ0n) is 7.90. The maximum atomic E-state index is 5.71. The van der Waals surface area contributed by atoms with Crippen molar-refractivity contribution in [1.29, 1.82) is 0 Å². The lowest BCUT2D eigenvalue weighted by Crippen LogP contribution is -2.28. The first-order valence-corrected chi connectivity index (χ1v) is 5.05. The fraction of sp³-hybridized carbons (Fsp3) is 0.778. The zero-order valence-corrected chi connectivity index (χ0v) is 9.41. The Kier molecular flexibility index (Phi) is 6.92. The van der Waals surface area contributed by atoms with Crippen molar-refractivity contribution in [2.24, 2.45) is 5.92 Å². The van der Waals surface area contributed by atoms with Gasteiger partial charge in [-0.25, -0.2) is 0 Å². The first-order chi connectivity index (χ1) is 5.56. The molecule has 0 radical (unpaired) electrons. The van der Waals surface area contributed by atoms with Crippen LogP contribution in [-0.4, -0.2) is 12.6 Å². The van der Waals surface area contributed by atoms with E-state index in [1.807, 2.05) is 0 Å². The van der Waals surface area contributed by atoms with Crippen LogP contribution < -0.4 is 5.32 Å². The summed E-state index contributed by atoms with van der Waals surface area (Å²) in [5, 5.41) is 3.94. The molecule has 0 spiro atoms. The second-order valence-corrected chi connectivity index (χ2v) is 4.17. The molecule has 0 amide bonds. The molecule has 0 aliphatic heterocycles. The predicted octanol–water partition coefficient (Wildman–Crippen LogP) is 3.33. The maximum absolute atomic E-state index is 5.71. The van der Waals surface area contributed by atoms with Crippen molar-refractivity contribution in [3.8, 4) is 0 Å². The molecule has 0 aromatic rings. The Hall–Kier alpha value is 0.280. The summed E-state index contributed by atoms with van der Waals surface area (Å²) in [6.45, 7) is 7.23. The Balaban J connectivity index is 3.50. The molecule has 1 nitrogen and oxygen atoms in total. The molecule has 0 aliphatic carbocycles. The zero-order chi connectivity index (χ0) is 9.56. The Morgan fingerprint density at radius 1 is 1.42 bits per heavy atom. The third-order valence-corrected chi connectivity index (χ3v) is 2.18. The van der Waals surface area contributed by atoms with Crippen LogP contribution in [0.25, 0.3) is 0 Å². The van der Waals surface area contributed by atoms with Gasteiger partial charge in [0.2, 0.25) is 0 Å². The highest BCUT2D eigenvalue weighted by Crippen LogP contribution is 2.06. The largest absolute Gasteiger partial charge is 0.309 e. The van der Waals surface area contributed by atoms with Gasteiger partial charge in [0.1, 0.15) is 0 Å². The Bertz CT molecular complexity index is 143. The van der Waals surface area contributed by atoms with Crippen LogP contribution in [0.3, 0.4) is 0 Å². The van der Waals surface area contributed by atoms with E-state index in [-0.39, 0.29) is 0 Å². The van der Waals surface area contributed by atoms with Gasteiger partial charge in [0, 0.05) is 23.2 Å². The van der Waals surface area contributed by atoms with Gasteiger partial charge in [0.25, 0.3) is 0 Å². The highest BCUT2D eigenvalue weighted by Gasteiger charge is 2.03. The van der Waals surface area contributed by atoms with E-state index >= 15 is 0 Å². The molecule has 12 heavy (non-hydrogen) atoms. The fourth-order valence-electron chi connectivity index (χ4n) is 1.10. The van der Waals surface area contributed by atoms with E-state index in [4.69, 9.17) is 23.2 Å². The minimum atomic E-state index is 0.496. The van der Waals surface area contributed by atoms with Crippen molar-refractivity contribution >= 4 is 23.2 Å². The summed E-state index contributed by atoms with van der Waals surface area (Å²) in [6.07, 6.45) is 1.16. The average Bonchev–Trinajstić information content (AvgIpc) is 1.99. The highest BCUT2D eigenvalue weighted by molar-refractivity contribution is 6.36. The average molecular weight is 210 g/mol. The van der Waals surface area contributed by atoms with Crippen LogP contribution in [0.2, 0.25) is 0 Å². The summed E-state index contributed by atoms with van der Waals surface area (Å²) in [5.74, 6) is 0.714. The monoisotopic (exact) mass is 209 g/mol. The van der Waals surface area contributed by atoms with Crippen molar-refractivity contribution in [2.75, 3.05) is 6.54 Å². The third-order valence-electron chi connectivity index (χ3n) is 1.56. The number of hydrogen-bond acceptors (Lipinski definition) is 1. The molecule has 1 unspecified atom stereocenters. The van der Waals surface area contributed by atoms with Gasteiger partial charge >= 0.3 is 0 Å². The summed E-state index contributed by atoms with van der Waals surface area (Å²) >= 11 is 11.1. The van der Waals surface area contributed by atoms with E-state index in [1.54, 1.807) is 0 Å². The van der Waals surface area contributed by atoms with Gasteiger partial charge in [-0.1, -0.05) is 37.0 Å². The minimum Gasteiger partial charge on any atom is -0.309 e. The van der Waals surface area contributed by atoms with E-state index in [0.29, 0.717) is 23.5 Å². The smallest absolute Gasteiger partial charge is 0.0431 e. The van der Waals surface area contributed by atoms with Gasteiger partial charge in [-0.3, -0.25) is 0 Å². The molecule has 0 aromatic heterocycles. The predicted molar refractivity (Wildman–Crippen MR) is 56.7 cm³/mol. The Labute approximate surface area is 85.1 Å².